The molecule has 2 rings (SSSR count). The average Bonchev–Trinajstić information content (AvgIpc) is 2.66. The van der Waals surface area contributed by atoms with Gasteiger partial charge in [0.15, 0.2) is 0 Å². The van der Waals surface area contributed by atoms with Crippen molar-refractivity contribution in [3.8, 4) is 0 Å². The minimum absolute atomic E-state index is 0.586. The van der Waals surface area contributed by atoms with E-state index in [1.54, 1.807) is 0 Å². The Morgan fingerprint density at radius 2 is 1.89 bits per heavy atom. The van der Waals surface area contributed by atoms with E-state index in [0.29, 0.717) is 10.0 Å². The van der Waals surface area contributed by atoms with Crippen LogP contribution in [0.5, 0.6) is 0 Å². The highest BCUT2D eigenvalue weighted by molar-refractivity contribution is 6.42. The topological polar surface area (TPSA) is 16.4 Å². The van der Waals surface area contributed by atoms with Crippen molar-refractivity contribution in [1.29, 1.82) is 0 Å². The van der Waals surface area contributed by atoms with Crippen molar-refractivity contribution in [3.05, 3.63) is 57.0 Å². The van der Waals surface area contributed by atoms with Gasteiger partial charge in [0.25, 0.3) is 0 Å². The predicted octanol–water partition coefficient (Wildman–Crippen LogP) is 4.55. The lowest BCUT2D eigenvalue weighted by Crippen LogP contribution is -2.10. The van der Waals surface area contributed by atoms with E-state index >= 15 is 0 Å². The average molecular weight is 298 g/mol. The van der Waals surface area contributed by atoms with Gasteiger partial charge in [0.05, 0.1) is 22.9 Å². The van der Waals surface area contributed by atoms with Gasteiger partial charge in [-0.1, -0.05) is 29.3 Å². The van der Waals surface area contributed by atoms with Crippen LogP contribution in [-0.2, 0) is 13.0 Å². The van der Waals surface area contributed by atoms with Crippen molar-refractivity contribution in [2.75, 3.05) is 14.1 Å². The lowest BCUT2D eigenvalue weighted by Gasteiger charge is -2.07. The Morgan fingerprint density at radius 3 is 2.53 bits per heavy atom. The molecule has 0 aliphatic rings. The SMILES string of the molecule is Cc1c(Cc2ccc(Cl)c(Cl)c2)coc1CN(C)C. The largest absolute Gasteiger partial charge is 0.467 e. The molecule has 0 atom stereocenters. The highest BCUT2D eigenvalue weighted by Gasteiger charge is 2.11. The first kappa shape index (κ1) is 14.4. The third kappa shape index (κ3) is 3.53. The molecule has 0 aliphatic heterocycles. The van der Waals surface area contributed by atoms with E-state index in [9.17, 15) is 0 Å². The maximum atomic E-state index is 6.03. The molecule has 0 aliphatic carbocycles. The fourth-order valence-corrected chi connectivity index (χ4v) is 2.31. The van der Waals surface area contributed by atoms with Crippen LogP contribution in [0, 0.1) is 6.92 Å². The van der Waals surface area contributed by atoms with Crippen LogP contribution in [0.2, 0.25) is 10.0 Å². The van der Waals surface area contributed by atoms with Crippen LogP contribution in [0.25, 0.3) is 0 Å². The molecule has 0 N–H and O–H groups in total. The molecular formula is C15H17Cl2NO. The normalized spacial score (nSPS) is 11.3. The van der Waals surface area contributed by atoms with Crippen molar-refractivity contribution in [3.63, 3.8) is 0 Å². The molecule has 4 heteroatoms. The summed E-state index contributed by atoms with van der Waals surface area (Å²) < 4.78 is 5.63. The van der Waals surface area contributed by atoms with Crippen molar-refractivity contribution < 1.29 is 4.42 Å². The molecule has 0 unspecified atom stereocenters. The van der Waals surface area contributed by atoms with Gasteiger partial charge in [-0.25, -0.2) is 0 Å². The van der Waals surface area contributed by atoms with Crippen molar-refractivity contribution in [1.82, 2.24) is 4.90 Å². The zero-order valence-corrected chi connectivity index (χ0v) is 12.8. The van der Waals surface area contributed by atoms with Crippen molar-refractivity contribution >= 4 is 23.2 Å². The van der Waals surface area contributed by atoms with Crippen LogP contribution in [0.3, 0.4) is 0 Å². The summed E-state index contributed by atoms with van der Waals surface area (Å²) in [7, 11) is 4.06. The smallest absolute Gasteiger partial charge is 0.120 e. The van der Waals surface area contributed by atoms with Gasteiger partial charge >= 0.3 is 0 Å². The molecule has 0 bridgehead atoms. The van der Waals surface area contributed by atoms with Gasteiger partial charge in [-0.2, -0.15) is 0 Å². The Labute approximate surface area is 123 Å². The lowest BCUT2D eigenvalue weighted by molar-refractivity contribution is 0.349. The van der Waals surface area contributed by atoms with E-state index in [4.69, 9.17) is 27.6 Å². The Hall–Kier alpha value is -0.960. The van der Waals surface area contributed by atoms with E-state index in [-0.39, 0.29) is 0 Å². The Bertz CT molecular complexity index is 576. The molecule has 1 aromatic carbocycles. The molecule has 1 heterocycles. The lowest BCUT2D eigenvalue weighted by atomic mass is 10.0. The summed E-state index contributed by atoms with van der Waals surface area (Å²) in [5.41, 5.74) is 3.53. The van der Waals surface area contributed by atoms with E-state index in [0.717, 1.165) is 24.3 Å². The molecule has 0 amide bonds. The zero-order chi connectivity index (χ0) is 14.0. The molecule has 2 aromatic rings. The van der Waals surface area contributed by atoms with E-state index in [1.807, 2.05) is 38.6 Å². The first-order valence-electron chi connectivity index (χ1n) is 6.12. The van der Waals surface area contributed by atoms with Crippen LogP contribution < -0.4 is 0 Å². The number of hydrogen-bond donors (Lipinski definition) is 0. The van der Waals surface area contributed by atoms with E-state index in [2.05, 4.69) is 11.8 Å². The maximum Gasteiger partial charge on any atom is 0.120 e. The molecular weight excluding hydrogens is 281 g/mol. The molecule has 102 valence electrons. The summed E-state index contributed by atoms with van der Waals surface area (Å²) in [6, 6.07) is 5.73. The molecule has 1 aromatic heterocycles. The highest BCUT2D eigenvalue weighted by atomic mass is 35.5. The second kappa shape index (κ2) is 6.00. The third-order valence-corrected chi connectivity index (χ3v) is 3.82. The van der Waals surface area contributed by atoms with Crippen molar-refractivity contribution in [2.24, 2.45) is 0 Å². The van der Waals surface area contributed by atoms with Gasteiger partial charge in [0.1, 0.15) is 5.76 Å². The molecule has 19 heavy (non-hydrogen) atoms. The van der Waals surface area contributed by atoms with E-state index < -0.39 is 0 Å². The highest BCUT2D eigenvalue weighted by Crippen LogP contribution is 2.26. The zero-order valence-electron chi connectivity index (χ0n) is 11.3. The van der Waals surface area contributed by atoms with Crippen LogP contribution in [0.4, 0.5) is 0 Å². The molecule has 2 nitrogen and oxygen atoms in total. The molecule has 0 spiro atoms. The Kier molecular flexibility index (Phi) is 4.56. The predicted molar refractivity (Wildman–Crippen MR) is 80.1 cm³/mol. The maximum absolute atomic E-state index is 6.03. The van der Waals surface area contributed by atoms with Crippen LogP contribution in [0.1, 0.15) is 22.5 Å². The summed E-state index contributed by atoms with van der Waals surface area (Å²) in [4.78, 5) is 2.09. The molecule has 0 fully saturated rings. The summed E-state index contributed by atoms with van der Waals surface area (Å²) in [5.74, 6) is 1.01. The quantitative estimate of drug-likeness (QED) is 0.823. The second-order valence-electron chi connectivity index (χ2n) is 4.97. The van der Waals surface area contributed by atoms with Gasteiger partial charge in [0, 0.05) is 6.42 Å². The molecule has 0 saturated carbocycles. The van der Waals surface area contributed by atoms with Gasteiger partial charge in [-0.15, -0.1) is 0 Å². The fraction of sp³-hybridized carbons (Fsp3) is 0.333. The van der Waals surface area contributed by atoms with E-state index in [1.165, 1.54) is 11.1 Å². The van der Waals surface area contributed by atoms with Gasteiger partial charge in [-0.3, -0.25) is 0 Å². The summed E-state index contributed by atoms with van der Waals surface area (Å²) in [6.07, 6.45) is 2.64. The van der Waals surface area contributed by atoms with Crippen LogP contribution >= 0.6 is 23.2 Å². The minimum atomic E-state index is 0.586. The second-order valence-corrected chi connectivity index (χ2v) is 5.79. The summed E-state index contributed by atoms with van der Waals surface area (Å²) in [5, 5.41) is 1.18. The number of hydrogen-bond acceptors (Lipinski definition) is 2. The summed E-state index contributed by atoms with van der Waals surface area (Å²) in [6.45, 7) is 2.91. The van der Waals surface area contributed by atoms with Gasteiger partial charge in [-0.05, 0) is 49.8 Å². The standard InChI is InChI=1S/C15H17Cl2NO/c1-10-12(9-19-15(10)8-18(2)3)6-11-4-5-13(16)14(17)7-11/h4-5,7,9H,6,8H2,1-3H3. The number of furan rings is 1. The van der Waals surface area contributed by atoms with Gasteiger partial charge in [0.2, 0.25) is 0 Å². The van der Waals surface area contributed by atoms with Crippen LogP contribution in [0.15, 0.2) is 28.9 Å². The van der Waals surface area contributed by atoms with Gasteiger partial charge < -0.3 is 9.32 Å². The number of halogens is 2. The molecule has 0 radical (unpaired) electrons. The number of nitrogens with zero attached hydrogens (tertiary/aromatic N) is 1. The number of benzene rings is 1. The Morgan fingerprint density at radius 1 is 1.16 bits per heavy atom. The monoisotopic (exact) mass is 297 g/mol. The first-order valence-corrected chi connectivity index (χ1v) is 6.87. The minimum Gasteiger partial charge on any atom is -0.467 e. The Balaban J connectivity index is 2.19. The number of rotatable bonds is 4. The third-order valence-electron chi connectivity index (χ3n) is 3.08. The summed E-state index contributed by atoms with van der Waals surface area (Å²) >= 11 is 12.0. The fourth-order valence-electron chi connectivity index (χ4n) is 1.98. The molecule has 0 saturated heterocycles. The van der Waals surface area contributed by atoms with Crippen LogP contribution in [-0.4, -0.2) is 19.0 Å². The first-order chi connectivity index (χ1) is 8.97. The van der Waals surface area contributed by atoms with Crippen molar-refractivity contribution in [2.45, 2.75) is 19.9 Å².